The van der Waals surface area contributed by atoms with Gasteiger partial charge in [-0.25, -0.2) is 8.42 Å². The van der Waals surface area contributed by atoms with Crippen molar-refractivity contribution in [3.05, 3.63) is 42.5 Å². The largest absolute Gasteiger partial charge is 0.493 e. The van der Waals surface area contributed by atoms with Gasteiger partial charge >= 0.3 is 0 Å². The number of ether oxygens (including phenoxy) is 2. The maximum absolute atomic E-state index is 12.9. The summed E-state index contributed by atoms with van der Waals surface area (Å²) in [5, 5.41) is 2.49. The summed E-state index contributed by atoms with van der Waals surface area (Å²) in [6.45, 7) is 2.94. The lowest BCUT2D eigenvalue weighted by Crippen LogP contribution is -2.31. The molecule has 0 bridgehead atoms. The Bertz CT molecular complexity index is 1020. The molecule has 1 amide bonds. The van der Waals surface area contributed by atoms with Crippen molar-refractivity contribution < 1.29 is 22.7 Å². The Hall–Kier alpha value is -2.23. The third kappa shape index (κ3) is 5.96. The molecule has 0 spiro atoms. The number of sulfonamides is 1. The fourth-order valence-electron chi connectivity index (χ4n) is 3.53. The van der Waals surface area contributed by atoms with Crippen LogP contribution in [-0.4, -0.2) is 51.2 Å². The zero-order valence-corrected chi connectivity index (χ0v) is 20.3. The second kappa shape index (κ2) is 11.1. The molecule has 2 aromatic rings. The van der Waals surface area contributed by atoms with Crippen LogP contribution in [0, 0.1) is 0 Å². The van der Waals surface area contributed by atoms with Gasteiger partial charge in [0, 0.05) is 23.7 Å². The summed E-state index contributed by atoms with van der Waals surface area (Å²) in [4.78, 5) is 13.8. The zero-order chi connectivity index (χ0) is 23.1. The van der Waals surface area contributed by atoms with Gasteiger partial charge < -0.3 is 14.8 Å². The highest BCUT2D eigenvalue weighted by Gasteiger charge is 2.25. The molecule has 0 aromatic heterocycles. The van der Waals surface area contributed by atoms with Crippen LogP contribution in [0.3, 0.4) is 0 Å². The molecule has 1 aliphatic heterocycles. The van der Waals surface area contributed by atoms with Gasteiger partial charge in [-0.1, -0.05) is 12.8 Å². The number of nitrogens with one attached hydrogen (secondary N) is 1. The van der Waals surface area contributed by atoms with Crippen molar-refractivity contribution >= 4 is 33.4 Å². The van der Waals surface area contributed by atoms with Crippen molar-refractivity contribution in [1.29, 1.82) is 0 Å². The number of hydrogen-bond acceptors (Lipinski definition) is 6. The monoisotopic (exact) mass is 478 g/mol. The normalized spacial score (nSPS) is 16.1. The number of thioether (sulfide) groups is 1. The number of methoxy groups -OCH3 is 2. The predicted molar refractivity (Wildman–Crippen MR) is 127 cm³/mol. The first-order valence-corrected chi connectivity index (χ1v) is 13.0. The minimum absolute atomic E-state index is 0.173. The van der Waals surface area contributed by atoms with Crippen LogP contribution in [0.2, 0.25) is 0 Å². The van der Waals surface area contributed by atoms with Gasteiger partial charge in [-0.3, -0.25) is 4.79 Å². The highest BCUT2D eigenvalue weighted by atomic mass is 32.2. The van der Waals surface area contributed by atoms with E-state index in [-0.39, 0.29) is 16.1 Å². The van der Waals surface area contributed by atoms with Crippen molar-refractivity contribution in [1.82, 2.24) is 4.31 Å². The third-order valence-electron chi connectivity index (χ3n) is 5.36. The van der Waals surface area contributed by atoms with Crippen LogP contribution in [-0.2, 0) is 14.8 Å². The first-order chi connectivity index (χ1) is 15.3. The van der Waals surface area contributed by atoms with Crippen molar-refractivity contribution in [3.63, 3.8) is 0 Å². The molecule has 1 atom stereocenters. The molecule has 0 saturated carbocycles. The number of carbonyl (C=O) groups is 1. The highest BCUT2D eigenvalue weighted by Crippen LogP contribution is 2.33. The van der Waals surface area contributed by atoms with E-state index in [1.165, 1.54) is 11.8 Å². The zero-order valence-electron chi connectivity index (χ0n) is 18.7. The van der Waals surface area contributed by atoms with E-state index in [1.807, 2.05) is 19.1 Å². The fourth-order valence-corrected chi connectivity index (χ4v) is 5.95. The number of benzene rings is 2. The van der Waals surface area contributed by atoms with E-state index in [4.69, 9.17) is 9.47 Å². The van der Waals surface area contributed by atoms with Gasteiger partial charge in [-0.05, 0) is 62.2 Å². The van der Waals surface area contributed by atoms with E-state index in [0.717, 1.165) is 30.6 Å². The molecule has 7 nitrogen and oxygen atoms in total. The van der Waals surface area contributed by atoms with Gasteiger partial charge in [0.05, 0.1) is 24.4 Å². The summed E-state index contributed by atoms with van der Waals surface area (Å²) in [6.07, 6.45) is 3.92. The average molecular weight is 479 g/mol. The SMILES string of the molecule is COc1ccc(SC(C)C(=O)Nc2ccc(S(=O)(=O)N3CCCCCC3)cc2)cc1OC. The minimum atomic E-state index is -3.51. The molecule has 0 aliphatic carbocycles. The van der Waals surface area contributed by atoms with Crippen molar-refractivity contribution in [2.75, 3.05) is 32.6 Å². The summed E-state index contributed by atoms with van der Waals surface area (Å²) in [7, 11) is -0.362. The summed E-state index contributed by atoms with van der Waals surface area (Å²) < 4.78 is 37.9. The number of anilines is 1. The lowest BCUT2D eigenvalue weighted by Gasteiger charge is -2.20. The van der Waals surface area contributed by atoms with Gasteiger partial charge in [0.2, 0.25) is 15.9 Å². The third-order valence-corrected chi connectivity index (χ3v) is 8.37. The van der Waals surface area contributed by atoms with E-state index in [2.05, 4.69) is 5.32 Å². The number of nitrogens with zero attached hydrogens (tertiary/aromatic N) is 1. The second-order valence-electron chi connectivity index (χ2n) is 7.61. The highest BCUT2D eigenvalue weighted by molar-refractivity contribution is 8.00. The Morgan fingerprint density at radius 1 is 0.969 bits per heavy atom. The van der Waals surface area contributed by atoms with Crippen LogP contribution >= 0.6 is 11.8 Å². The molecule has 3 rings (SSSR count). The maximum Gasteiger partial charge on any atom is 0.243 e. The molecule has 1 N–H and O–H groups in total. The molecule has 1 fully saturated rings. The maximum atomic E-state index is 12.9. The summed E-state index contributed by atoms with van der Waals surface area (Å²) in [5.41, 5.74) is 0.560. The summed E-state index contributed by atoms with van der Waals surface area (Å²) in [6, 6.07) is 11.9. The topological polar surface area (TPSA) is 84.9 Å². The first-order valence-electron chi connectivity index (χ1n) is 10.6. The molecular formula is C23H30N2O5S2. The molecular weight excluding hydrogens is 448 g/mol. The molecule has 0 radical (unpaired) electrons. The Morgan fingerprint density at radius 2 is 1.59 bits per heavy atom. The lowest BCUT2D eigenvalue weighted by molar-refractivity contribution is -0.115. The number of rotatable bonds is 8. The van der Waals surface area contributed by atoms with Crippen LogP contribution in [0.15, 0.2) is 52.3 Å². The second-order valence-corrected chi connectivity index (χ2v) is 11.0. The minimum Gasteiger partial charge on any atom is -0.493 e. The quantitative estimate of drug-likeness (QED) is 0.567. The molecule has 1 saturated heterocycles. The van der Waals surface area contributed by atoms with Crippen LogP contribution < -0.4 is 14.8 Å². The summed E-state index contributed by atoms with van der Waals surface area (Å²) >= 11 is 1.40. The van der Waals surface area contributed by atoms with Crippen molar-refractivity contribution in [2.45, 2.75) is 47.6 Å². The fraction of sp³-hybridized carbons (Fsp3) is 0.435. The standard InChI is InChI=1S/C23H30N2O5S2/c1-17(31-19-10-13-21(29-2)22(16-19)30-3)23(26)24-18-8-11-20(12-9-18)32(27,28)25-14-6-4-5-7-15-25/h8-13,16-17H,4-7,14-15H2,1-3H3,(H,24,26). The van der Waals surface area contributed by atoms with Gasteiger partial charge in [0.25, 0.3) is 0 Å². The first kappa shape index (κ1) is 24.4. The molecule has 1 heterocycles. The number of amides is 1. The van der Waals surface area contributed by atoms with E-state index in [1.54, 1.807) is 48.9 Å². The predicted octanol–water partition coefficient (Wildman–Crippen LogP) is 4.39. The van der Waals surface area contributed by atoms with Crippen LogP contribution in [0.4, 0.5) is 5.69 Å². The van der Waals surface area contributed by atoms with E-state index < -0.39 is 10.0 Å². The van der Waals surface area contributed by atoms with E-state index in [9.17, 15) is 13.2 Å². The molecule has 2 aromatic carbocycles. The Labute approximate surface area is 194 Å². The van der Waals surface area contributed by atoms with E-state index >= 15 is 0 Å². The number of hydrogen-bond donors (Lipinski definition) is 1. The average Bonchev–Trinajstić information content (AvgIpc) is 3.09. The summed E-state index contributed by atoms with van der Waals surface area (Å²) in [5.74, 6) is 1.06. The van der Waals surface area contributed by atoms with Crippen LogP contribution in [0.5, 0.6) is 11.5 Å². The number of carbonyl (C=O) groups excluding carboxylic acids is 1. The molecule has 32 heavy (non-hydrogen) atoms. The molecule has 1 aliphatic rings. The van der Waals surface area contributed by atoms with E-state index in [0.29, 0.717) is 30.3 Å². The van der Waals surface area contributed by atoms with Crippen molar-refractivity contribution in [3.8, 4) is 11.5 Å². The lowest BCUT2D eigenvalue weighted by atomic mass is 10.2. The van der Waals surface area contributed by atoms with Gasteiger partial charge in [-0.15, -0.1) is 11.8 Å². The molecule has 1 unspecified atom stereocenters. The van der Waals surface area contributed by atoms with Gasteiger partial charge in [0.1, 0.15) is 0 Å². The molecule has 174 valence electrons. The Morgan fingerprint density at radius 3 is 2.19 bits per heavy atom. The Kier molecular flexibility index (Phi) is 8.44. The van der Waals surface area contributed by atoms with Gasteiger partial charge in [0.15, 0.2) is 11.5 Å². The van der Waals surface area contributed by atoms with Crippen LogP contribution in [0.25, 0.3) is 0 Å². The van der Waals surface area contributed by atoms with Crippen LogP contribution in [0.1, 0.15) is 32.6 Å². The van der Waals surface area contributed by atoms with Crippen molar-refractivity contribution in [2.24, 2.45) is 0 Å². The van der Waals surface area contributed by atoms with Gasteiger partial charge in [-0.2, -0.15) is 4.31 Å². The Balaban J connectivity index is 1.62. The smallest absolute Gasteiger partial charge is 0.243 e. The molecule has 9 heteroatoms.